The fourth-order valence-corrected chi connectivity index (χ4v) is 1.40. The molecule has 0 aromatic heterocycles. The van der Waals surface area contributed by atoms with Gasteiger partial charge in [-0.25, -0.2) is 0 Å². The van der Waals surface area contributed by atoms with Crippen molar-refractivity contribution in [1.29, 1.82) is 0 Å². The van der Waals surface area contributed by atoms with Crippen LogP contribution in [-0.4, -0.2) is 12.6 Å². The Bertz CT molecular complexity index is 241. The van der Waals surface area contributed by atoms with Crippen LogP contribution in [0.1, 0.15) is 11.6 Å². The molecule has 0 radical (unpaired) electrons. The maximum Gasteiger partial charge on any atom is 0.0486 e. The van der Waals surface area contributed by atoms with Crippen molar-refractivity contribution >= 4 is 24.8 Å². The zero-order valence-electron chi connectivity index (χ0n) is 7.14. The molecule has 0 amide bonds. The van der Waals surface area contributed by atoms with Crippen LogP contribution in [0.4, 0.5) is 0 Å². The number of hydrogen-bond acceptors (Lipinski definition) is 2. The fourth-order valence-electron chi connectivity index (χ4n) is 1.40. The van der Waals surface area contributed by atoms with E-state index >= 15 is 0 Å². The van der Waals surface area contributed by atoms with Crippen molar-refractivity contribution in [1.82, 2.24) is 5.32 Å². The van der Waals surface area contributed by atoms with Crippen LogP contribution in [0, 0.1) is 0 Å². The van der Waals surface area contributed by atoms with E-state index in [1.165, 1.54) is 5.56 Å². The predicted octanol–water partition coefficient (Wildman–Crippen LogP) is 1.50. The molecular weight excluding hydrogens is 207 g/mol. The molecule has 1 aliphatic heterocycles. The molecule has 2 atom stereocenters. The summed E-state index contributed by atoms with van der Waals surface area (Å²) in [7, 11) is 0. The minimum absolute atomic E-state index is 0. The molecule has 4 heteroatoms. The predicted molar refractivity (Wildman–Crippen MR) is 59.7 cm³/mol. The highest BCUT2D eigenvalue weighted by Gasteiger charge is 2.27. The lowest BCUT2D eigenvalue weighted by molar-refractivity contribution is 0.319. The molecule has 2 nitrogen and oxygen atoms in total. The lowest BCUT2D eigenvalue weighted by Crippen LogP contribution is -2.55. The summed E-state index contributed by atoms with van der Waals surface area (Å²) in [6.45, 7) is 0.944. The van der Waals surface area contributed by atoms with Gasteiger partial charge >= 0.3 is 0 Å². The third kappa shape index (κ3) is 2.58. The second-order valence-corrected chi connectivity index (χ2v) is 2.96. The van der Waals surface area contributed by atoms with E-state index in [4.69, 9.17) is 5.73 Å². The van der Waals surface area contributed by atoms with Gasteiger partial charge in [-0.2, -0.15) is 0 Å². The van der Waals surface area contributed by atoms with Gasteiger partial charge in [-0.05, 0) is 5.56 Å². The van der Waals surface area contributed by atoms with Gasteiger partial charge in [-0.15, -0.1) is 24.8 Å². The maximum absolute atomic E-state index is 5.79. The van der Waals surface area contributed by atoms with E-state index in [9.17, 15) is 0 Å². The highest BCUT2D eigenvalue weighted by Crippen LogP contribution is 2.20. The van der Waals surface area contributed by atoms with Gasteiger partial charge in [-0.3, -0.25) is 0 Å². The number of halogens is 2. The first-order valence-electron chi connectivity index (χ1n) is 3.92. The van der Waals surface area contributed by atoms with Crippen LogP contribution in [-0.2, 0) is 0 Å². The van der Waals surface area contributed by atoms with Crippen LogP contribution in [0.2, 0.25) is 0 Å². The molecule has 1 aromatic rings. The monoisotopic (exact) mass is 220 g/mol. The van der Waals surface area contributed by atoms with Crippen molar-refractivity contribution < 1.29 is 0 Å². The molecule has 1 aliphatic rings. The molecule has 1 aromatic carbocycles. The summed E-state index contributed by atoms with van der Waals surface area (Å²) in [4.78, 5) is 0. The summed E-state index contributed by atoms with van der Waals surface area (Å²) >= 11 is 0. The minimum Gasteiger partial charge on any atom is -0.325 e. The molecule has 1 fully saturated rings. The zero-order valence-corrected chi connectivity index (χ0v) is 8.78. The number of rotatable bonds is 1. The minimum atomic E-state index is 0. The van der Waals surface area contributed by atoms with E-state index in [-0.39, 0.29) is 24.8 Å². The van der Waals surface area contributed by atoms with Gasteiger partial charge in [0.15, 0.2) is 0 Å². The van der Waals surface area contributed by atoms with E-state index in [1.54, 1.807) is 0 Å². The molecule has 0 spiro atoms. The summed E-state index contributed by atoms with van der Waals surface area (Å²) in [5.74, 6) is 0. The van der Waals surface area contributed by atoms with Gasteiger partial charge < -0.3 is 11.1 Å². The van der Waals surface area contributed by atoms with Gasteiger partial charge in [0.25, 0.3) is 0 Å². The Morgan fingerprint density at radius 2 is 1.77 bits per heavy atom. The standard InChI is InChI=1S/C9H12N2.2ClH/c10-8-6-11-9(8)7-4-2-1-3-5-7;;/h1-5,8-9,11H,6,10H2;2*1H. The highest BCUT2D eigenvalue weighted by molar-refractivity contribution is 5.85. The molecule has 1 saturated heterocycles. The van der Waals surface area contributed by atoms with Crippen molar-refractivity contribution in [3.63, 3.8) is 0 Å². The molecule has 1 heterocycles. The van der Waals surface area contributed by atoms with Crippen molar-refractivity contribution in [2.45, 2.75) is 12.1 Å². The SMILES string of the molecule is Cl.Cl.NC1CNC1c1ccccc1. The van der Waals surface area contributed by atoms with Crippen LogP contribution >= 0.6 is 24.8 Å². The Morgan fingerprint density at radius 3 is 2.15 bits per heavy atom. The number of benzene rings is 1. The Hall–Kier alpha value is -0.280. The summed E-state index contributed by atoms with van der Waals surface area (Å²) in [6, 6.07) is 11.0. The van der Waals surface area contributed by atoms with Gasteiger partial charge in [0.05, 0.1) is 0 Å². The average molecular weight is 221 g/mol. The van der Waals surface area contributed by atoms with Crippen LogP contribution in [0.15, 0.2) is 30.3 Å². The molecule has 3 N–H and O–H groups in total. The topological polar surface area (TPSA) is 38.0 Å². The Labute approximate surface area is 90.7 Å². The molecule has 74 valence electrons. The number of hydrogen-bond donors (Lipinski definition) is 2. The van der Waals surface area contributed by atoms with E-state index in [0.29, 0.717) is 12.1 Å². The normalized spacial score (nSPS) is 25.0. The Balaban J connectivity index is 0.000000720. The van der Waals surface area contributed by atoms with Crippen LogP contribution in [0.25, 0.3) is 0 Å². The van der Waals surface area contributed by atoms with Crippen LogP contribution in [0.5, 0.6) is 0 Å². The molecule has 0 aliphatic carbocycles. The Morgan fingerprint density at radius 1 is 1.15 bits per heavy atom. The molecule has 0 bridgehead atoms. The van der Waals surface area contributed by atoms with Crippen molar-refractivity contribution in [3.8, 4) is 0 Å². The quantitative estimate of drug-likeness (QED) is 0.754. The second kappa shape index (κ2) is 5.45. The molecule has 2 unspecified atom stereocenters. The lowest BCUT2D eigenvalue weighted by Gasteiger charge is -2.35. The van der Waals surface area contributed by atoms with Crippen molar-refractivity contribution in [2.24, 2.45) is 5.73 Å². The first kappa shape index (κ1) is 12.7. The first-order chi connectivity index (χ1) is 5.38. The lowest BCUT2D eigenvalue weighted by atomic mass is 9.93. The maximum atomic E-state index is 5.79. The summed E-state index contributed by atoms with van der Waals surface area (Å²) < 4.78 is 0. The average Bonchev–Trinajstić information content (AvgIpc) is 2.04. The van der Waals surface area contributed by atoms with Gasteiger partial charge in [0.1, 0.15) is 0 Å². The molecule has 13 heavy (non-hydrogen) atoms. The largest absolute Gasteiger partial charge is 0.325 e. The van der Waals surface area contributed by atoms with Gasteiger partial charge in [0, 0.05) is 18.6 Å². The summed E-state index contributed by atoms with van der Waals surface area (Å²) in [6.07, 6.45) is 0. The summed E-state index contributed by atoms with van der Waals surface area (Å²) in [5.41, 5.74) is 7.09. The van der Waals surface area contributed by atoms with Crippen molar-refractivity contribution in [3.05, 3.63) is 35.9 Å². The van der Waals surface area contributed by atoms with Crippen LogP contribution in [0.3, 0.4) is 0 Å². The zero-order chi connectivity index (χ0) is 7.68. The number of nitrogens with two attached hydrogens (primary N) is 1. The van der Waals surface area contributed by atoms with E-state index in [1.807, 2.05) is 18.2 Å². The fraction of sp³-hybridized carbons (Fsp3) is 0.333. The van der Waals surface area contributed by atoms with E-state index in [0.717, 1.165) is 6.54 Å². The second-order valence-electron chi connectivity index (χ2n) is 2.96. The third-order valence-corrected chi connectivity index (χ3v) is 2.16. The molecule has 2 rings (SSSR count). The smallest absolute Gasteiger partial charge is 0.0486 e. The van der Waals surface area contributed by atoms with Crippen molar-refractivity contribution in [2.75, 3.05) is 6.54 Å². The van der Waals surface area contributed by atoms with Crippen LogP contribution < -0.4 is 11.1 Å². The van der Waals surface area contributed by atoms with Gasteiger partial charge in [-0.1, -0.05) is 30.3 Å². The third-order valence-electron chi connectivity index (χ3n) is 2.16. The highest BCUT2D eigenvalue weighted by atomic mass is 35.5. The van der Waals surface area contributed by atoms with E-state index < -0.39 is 0 Å². The molecular formula is C9H14Cl2N2. The Kier molecular flexibility index (Phi) is 5.33. The molecule has 0 saturated carbocycles. The summed E-state index contributed by atoms with van der Waals surface area (Å²) in [5, 5.41) is 3.29. The first-order valence-corrected chi connectivity index (χ1v) is 3.92. The number of nitrogens with one attached hydrogen (secondary N) is 1. The van der Waals surface area contributed by atoms with Gasteiger partial charge in [0.2, 0.25) is 0 Å². The van der Waals surface area contributed by atoms with E-state index in [2.05, 4.69) is 17.4 Å².